The van der Waals surface area contributed by atoms with Crippen LogP contribution in [0.5, 0.6) is 5.75 Å². The predicted molar refractivity (Wildman–Crippen MR) is 98.2 cm³/mol. The Hall–Kier alpha value is -2.34. The molecular weight excluding hydrogens is 330 g/mol. The highest BCUT2D eigenvalue weighted by molar-refractivity contribution is 5.97. The molecule has 2 fully saturated rings. The van der Waals surface area contributed by atoms with Crippen molar-refractivity contribution in [3.05, 3.63) is 41.2 Å². The van der Waals surface area contributed by atoms with Gasteiger partial charge in [0.2, 0.25) is 0 Å². The van der Waals surface area contributed by atoms with Crippen molar-refractivity contribution in [2.75, 3.05) is 33.4 Å². The molecule has 2 aliphatic rings. The van der Waals surface area contributed by atoms with Crippen LogP contribution in [0.2, 0.25) is 0 Å². The van der Waals surface area contributed by atoms with E-state index in [1.165, 1.54) is 0 Å². The number of amides is 1. The number of morpholine rings is 1. The Labute approximate surface area is 153 Å². The molecule has 138 valence electrons. The van der Waals surface area contributed by atoms with E-state index in [1.807, 2.05) is 33.8 Å². The third-order valence-electron chi connectivity index (χ3n) is 5.14. The Balaban J connectivity index is 1.76. The molecule has 1 amide bonds. The first-order valence-corrected chi connectivity index (χ1v) is 9.36. The molecule has 2 aromatic rings. The molecule has 0 atom stereocenters. The van der Waals surface area contributed by atoms with Crippen LogP contribution in [0.3, 0.4) is 0 Å². The van der Waals surface area contributed by atoms with E-state index >= 15 is 0 Å². The summed E-state index contributed by atoms with van der Waals surface area (Å²) in [7, 11) is 1.66. The summed E-state index contributed by atoms with van der Waals surface area (Å²) >= 11 is 0. The molecule has 1 aliphatic heterocycles. The molecule has 1 aliphatic carbocycles. The summed E-state index contributed by atoms with van der Waals surface area (Å²) < 4.78 is 12.6. The number of hydrogen-bond acceptors (Lipinski definition) is 4. The van der Waals surface area contributed by atoms with Crippen molar-refractivity contribution in [3.63, 3.8) is 0 Å². The number of benzene rings is 1. The summed E-state index contributed by atoms with van der Waals surface area (Å²) in [4.78, 5) is 15.2. The van der Waals surface area contributed by atoms with Crippen molar-refractivity contribution < 1.29 is 14.3 Å². The Morgan fingerprint density at radius 3 is 2.50 bits per heavy atom. The lowest BCUT2D eigenvalue weighted by Crippen LogP contribution is -2.41. The lowest BCUT2D eigenvalue weighted by molar-refractivity contribution is 0.0301. The van der Waals surface area contributed by atoms with Crippen molar-refractivity contribution in [1.82, 2.24) is 14.7 Å². The van der Waals surface area contributed by atoms with Crippen molar-refractivity contribution in [3.8, 4) is 11.4 Å². The summed E-state index contributed by atoms with van der Waals surface area (Å²) in [6.07, 6.45) is 3.00. The third kappa shape index (κ3) is 3.09. The first-order chi connectivity index (χ1) is 12.7. The normalized spacial score (nSPS) is 17.4. The Morgan fingerprint density at radius 2 is 1.92 bits per heavy atom. The molecule has 4 rings (SSSR count). The van der Waals surface area contributed by atoms with Crippen molar-refractivity contribution in [1.29, 1.82) is 0 Å². The van der Waals surface area contributed by atoms with E-state index in [9.17, 15) is 4.79 Å². The minimum absolute atomic E-state index is 0.104. The zero-order chi connectivity index (χ0) is 18.1. The van der Waals surface area contributed by atoms with Crippen molar-refractivity contribution >= 4 is 5.91 Å². The SMILES string of the molecule is CCc1c(C(=O)N2CCOCC2)c(C2CC2)nn1-c1ccc(OC)cc1. The molecule has 1 aromatic heterocycles. The fourth-order valence-electron chi connectivity index (χ4n) is 3.54. The zero-order valence-electron chi connectivity index (χ0n) is 15.4. The number of carbonyl (C=O) groups is 1. The van der Waals surface area contributed by atoms with Crippen LogP contribution in [-0.4, -0.2) is 54.0 Å². The van der Waals surface area contributed by atoms with Gasteiger partial charge in [-0.25, -0.2) is 4.68 Å². The van der Waals surface area contributed by atoms with Gasteiger partial charge in [-0.3, -0.25) is 4.79 Å². The van der Waals surface area contributed by atoms with Gasteiger partial charge in [0.05, 0.1) is 43.0 Å². The van der Waals surface area contributed by atoms with Gasteiger partial charge in [-0.15, -0.1) is 0 Å². The highest BCUT2D eigenvalue weighted by Crippen LogP contribution is 2.42. The molecule has 2 heterocycles. The maximum atomic E-state index is 13.3. The molecule has 0 N–H and O–H groups in total. The average Bonchev–Trinajstić information content (AvgIpc) is 3.48. The summed E-state index contributed by atoms with van der Waals surface area (Å²) in [6, 6.07) is 7.84. The smallest absolute Gasteiger partial charge is 0.257 e. The Bertz CT molecular complexity index is 787. The second-order valence-electron chi connectivity index (χ2n) is 6.85. The number of hydrogen-bond donors (Lipinski definition) is 0. The Kier molecular flexibility index (Phi) is 4.68. The van der Waals surface area contributed by atoms with Gasteiger partial charge >= 0.3 is 0 Å². The molecule has 6 heteroatoms. The molecular formula is C20H25N3O3. The fraction of sp³-hybridized carbons (Fsp3) is 0.500. The highest BCUT2D eigenvalue weighted by atomic mass is 16.5. The molecule has 0 bridgehead atoms. The quantitative estimate of drug-likeness (QED) is 0.828. The highest BCUT2D eigenvalue weighted by Gasteiger charge is 2.36. The van der Waals surface area contributed by atoms with E-state index in [1.54, 1.807) is 7.11 Å². The van der Waals surface area contributed by atoms with Gasteiger partial charge in [-0.05, 0) is 43.5 Å². The summed E-state index contributed by atoms with van der Waals surface area (Å²) in [5.41, 5.74) is 3.74. The number of nitrogens with zero attached hydrogens (tertiary/aromatic N) is 3. The molecule has 1 saturated heterocycles. The van der Waals surface area contributed by atoms with Crippen molar-refractivity contribution in [2.45, 2.75) is 32.1 Å². The first-order valence-electron chi connectivity index (χ1n) is 9.36. The van der Waals surface area contributed by atoms with Gasteiger partial charge in [-0.1, -0.05) is 6.92 Å². The summed E-state index contributed by atoms with van der Waals surface area (Å²) in [5.74, 6) is 1.33. The number of carbonyl (C=O) groups excluding carboxylic acids is 1. The van der Waals surface area contributed by atoms with Gasteiger partial charge < -0.3 is 14.4 Å². The van der Waals surface area contributed by atoms with Gasteiger partial charge in [0.15, 0.2) is 0 Å². The van der Waals surface area contributed by atoms with Gasteiger partial charge in [0, 0.05) is 19.0 Å². The van der Waals surface area contributed by atoms with E-state index in [-0.39, 0.29) is 5.91 Å². The Morgan fingerprint density at radius 1 is 1.23 bits per heavy atom. The average molecular weight is 355 g/mol. The largest absolute Gasteiger partial charge is 0.497 e. The minimum atomic E-state index is 0.104. The molecule has 0 radical (unpaired) electrons. The number of rotatable bonds is 5. The molecule has 1 saturated carbocycles. The maximum absolute atomic E-state index is 13.3. The van der Waals surface area contributed by atoms with Crippen LogP contribution in [0.15, 0.2) is 24.3 Å². The van der Waals surface area contributed by atoms with E-state index in [4.69, 9.17) is 14.6 Å². The molecule has 1 aromatic carbocycles. The van der Waals surface area contributed by atoms with Crippen LogP contribution < -0.4 is 4.74 Å². The van der Waals surface area contributed by atoms with E-state index in [2.05, 4.69) is 6.92 Å². The standard InChI is InChI=1S/C20H25N3O3/c1-3-17-18(20(24)22-10-12-26-13-11-22)19(14-4-5-14)21-23(17)15-6-8-16(25-2)9-7-15/h6-9,14H,3-5,10-13H2,1-2H3. The van der Waals surface area contributed by atoms with Gasteiger partial charge in [-0.2, -0.15) is 5.10 Å². The fourth-order valence-corrected chi connectivity index (χ4v) is 3.54. The lowest BCUT2D eigenvalue weighted by Gasteiger charge is -2.27. The molecule has 6 nitrogen and oxygen atoms in total. The summed E-state index contributed by atoms with van der Waals surface area (Å²) in [6.45, 7) is 4.61. The predicted octanol–water partition coefficient (Wildman–Crippen LogP) is 2.79. The minimum Gasteiger partial charge on any atom is -0.497 e. The lowest BCUT2D eigenvalue weighted by atomic mass is 10.1. The van der Waals surface area contributed by atoms with Crippen molar-refractivity contribution in [2.24, 2.45) is 0 Å². The molecule has 0 spiro atoms. The van der Waals surface area contributed by atoms with Crippen LogP contribution in [0.4, 0.5) is 0 Å². The van der Waals surface area contributed by atoms with Gasteiger partial charge in [0.25, 0.3) is 5.91 Å². The second kappa shape index (κ2) is 7.11. The zero-order valence-corrected chi connectivity index (χ0v) is 15.4. The van der Waals surface area contributed by atoms with Gasteiger partial charge in [0.1, 0.15) is 5.75 Å². The van der Waals surface area contributed by atoms with Crippen LogP contribution in [-0.2, 0) is 11.2 Å². The van der Waals surface area contributed by atoms with E-state index in [0.717, 1.165) is 47.7 Å². The second-order valence-corrected chi connectivity index (χ2v) is 6.85. The van der Waals surface area contributed by atoms with E-state index in [0.29, 0.717) is 32.2 Å². The van der Waals surface area contributed by atoms with Crippen LogP contribution in [0, 0.1) is 0 Å². The number of methoxy groups -OCH3 is 1. The molecule has 26 heavy (non-hydrogen) atoms. The topological polar surface area (TPSA) is 56.6 Å². The maximum Gasteiger partial charge on any atom is 0.257 e. The molecule has 0 unspecified atom stereocenters. The van der Waals surface area contributed by atoms with Crippen LogP contribution in [0.25, 0.3) is 5.69 Å². The third-order valence-corrected chi connectivity index (χ3v) is 5.14. The monoisotopic (exact) mass is 355 g/mol. The first kappa shape index (κ1) is 17.1. The summed E-state index contributed by atoms with van der Waals surface area (Å²) in [5, 5.41) is 4.88. The number of ether oxygens (including phenoxy) is 2. The van der Waals surface area contributed by atoms with Crippen LogP contribution in [0.1, 0.15) is 47.4 Å². The number of aromatic nitrogens is 2. The van der Waals surface area contributed by atoms with E-state index < -0.39 is 0 Å². The van der Waals surface area contributed by atoms with Crippen LogP contribution >= 0.6 is 0 Å².